The second kappa shape index (κ2) is 33.9. The molecule has 0 fully saturated rings. The first-order valence-corrected chi connectivity index (χ1v) is 19.4. The van der Waals surface area contributed by atoms with E-state index < -0.39 is 18.2 Å². The van der Waals surface area contributed by atoms with E-state index >= 15 is 0 Å². The zero-order chi connectivity index (χ0) is 33.2. The summed E-state index contributed by atoms with van der Waals surface area (Å²) >= 11 is 0. The Kier molecular flexibility index (Phi) is 32.9. The number of rotatable bonds is 34. The fourth-order valence-corrected chi connectivity index (χ4v) is 5.84. The lowest BCUT2D eigenvalue weighted by Gasteiger charge is -2.24. The van der Waals surface area contributed by atoms with Crippen LogP contribution in [0.3, 0.4) is 0 Å². The van der Waals surface area contributed by atoms with Gasteiger partial charge in [-0.15, -0.1) is 0 Å². The number of hydrogen-bond donors (Lipinski definition) is 3. The van der Waals surface area contributed by atoms with Crippen LogP contribution in [0.4, 0.5) is 0 Å². The Labute approximate surface area is 278 Å². The topological polar surface area (TPSA) is 95.9 Å². The molecule has 0 heterocycles. The molecule has 0 saturated heterocycles. The smallest absolute Gasteiger partial charge is 0.306 e. The summed E-state index contributed by atoms with van der Waals surface area (Å²) in [5.74, 6) is -0.495. The molecule has 266 valence electrons. The van der Waals surface area contributed by atoms with Crippen LogP contribution in [0, 0.1) is 0 Å². The molecule has 0 spiro atoms. The van der Waals surface area contributed by atoms with E-state index in [1.54, 1.807) is 0 Å². The van der Waals surface area contributed by atoms with Gasteiger partial charge in [-0.3, -0.25) is 9.59 Å². The molecule has 45 heavy (non-hydrogen) atoms. The van der Waals surface area contributed by atoms with Crippen LogP contribution in [0.2, 0.25) is 0 Å². The molecule has 6 heteroatoms. The molecule has 0 saturated carbocycles. The van der Waals surface area contributed by atoms with E-state index in [1.807, 2.05) is 0 Å². The Bertz CT molecular complexity index is 682. The monoisotopic (exact) mass is 638 g/mol. The van der Waals surface area contributed by atoms with Gasteiger partial charge in [0, 0.05) is 6.42 Å². The number of unbranched alkanes of at least 4 members (excludes halogenated alkanes) is 20. The summed E-state index contributed by atoms with van der Waals surface area (Å²) in [5.41, 5.74) is 0. The summed E-state index contributed by atoms with van der Waals surface area (Å²) in [6, 6.07) is -0.695. The average molecular weight is 638 g/mol. The molecule has 0 rings (SSSR count). The number of ether oxygens (including phenoxy) is 1. The second-order valence-corrected chi connectivity index (χ2v) is 13.3. The van der Waals surface area contributed by atoms with Gasteiger partial charge in [0.2, 0.25) is 5.91 Å². The zero-order valence-corrected chi connectivity index (χ0v) is 30.0. The summed E-state index contributed by atoms with van der Waals surface area (Å²) in [5, 5.41) is 23.4. The van der Waals surface area contributed by atoms with E-state index in [9.17, 15) is 19.8 Å². The normalized spacial score (nSPS) is 13.6. The van der Waals surface area contributed by atoms with Crippen LogP contribution in [-0.4, -0.2) is 46.9 Å². The zero-order valence-electron chi connectivity index (χ0n) is 30.0. The Morgan fingerprint density at radius 2 is 1.11 bits per heavy atom. The predicted octanol–water partition coefficient (Wildman–Crippen LogP) is 10.3. The van der Waals surface area contributed by atoms with Crippen molar-refractivity contribution in [3.8, 4) is 0 Å². The van der Waals surface area contributed by atoms with Crippen LogP contribution in [0.15, 0.2) is 12.2 Å². The Hall–Kier alpha value is -1.40. The molecule has 6 nitrogen and oxygen atoms in total. The number of allylic oxidation sites excluding steroid dienone is 2. The van der Waals surface area contributed by atoms with Crippen LogP contribution in [0.25, 0.3) is 0 Å². The maximum atomic E-state index is 13.0. The minimum absolute atomic E-state index is 0.0706. The first-order valence-electron chi connectivity index (χ1n) is 19.4. The van der Waals surface area contributed by atoms with Gasteiger partial charge in [0.15, 0.2) is 0 Å². The number of amides is 1. The number of nitrogens with one attached hydrogen (secondary N) is 1. The third-order valence-corrected chi connectivity index (χ3v) is 8.83. The van der Waals surface area contributed by atoms with E-state index in [-0.39, 0.29) is 24.9 Å². The van der Waals surface area contributed by atoms with Gasteiger partial charge in [-0.05, 0) is 44.9 Å². The molecule has 0 bridgehead atoms. The first kappa shape index (κ1) is 43.6. The molecule has 0 radical (unpaired) electrons. The molecule has 0 aliphatic carbocycles. The van der Waals surface area contributed by atoms with Gasteiger partial charge in [-0.1, -0.05) is 155 Å². The minimum atomic E-state index is -0.781. The van der Waals surface area contributed by atoms with Gasteiger partial charge < -0.3 is 20.3 Å². The summed E-state index contributed by atoms with van der Waals surface area (Å²) in [6.45, 7) is 6.34. The molecule has 0 aliphatic rings. The van der Waals surface area contributed by atoms with Crippen LogP contribution in [0.5, 0.6) is 0 Å². The molecule has 1 amide bonds. The molecular weight excluding hydrogens is 562 g/mol. The molecule has 0 aromatic rings. The van der Waals surface area contributed by atoms with Crippen LogP contribution in [0.1, 0.15) is 201 Å². The Morgan fingerprint density at radius 1 is 0.622 bits per heavy atom. The predicted molar refractivity (Wildman–Crippen MR) is 190 cm³/mol. The van der Waals surface area contributed by atoms with E-state index in [4.69, 9.17) is 4.74 Å². The standard InChI is InChI=1S/C39H75NO5/c1-4-7-10-13-16-19-22-25-28-31-37(42)36(34-41)40-38(43)33-35(30-27-24-21-18-15-12-9-6-3)45-39(44)32-29-26-23-20-17-14-11-8-5-2/h12,15,35-37,41-42H,4-11,13-14,16-34H2,1-3H3,(H,40,43)/b15-12-. The van der Waals surface area contributed by atoms with Crippen molar-refractivity contribution in [3.63, 3.8) is 0 Å². The van der Waals surface area contributed by atoms with Crippen LogP contribution >= 0.6 is 0 Å². The summed E-state index contributed by atoms with van der Waals surface area (Å²) < 4.78 is 5.82. The third-order valence-electron chi connectivity index (χ3n) is 8.83. The van der Waals surface area contributed by atoms with Crippen molar-refractivity contribution in [2.45, 2.75) is 219 Å². The highest BCUT2D eigenvalue weighted by Gasteiger charge is 2.24. The Balaban J connectivity index is 4.58. The van der Waals surface area contributed by atoms with Crippen LogP contribution in [-0.2, 0) is 14.3 Å². The number of carbonyl (C=O) groups is 2. The van der Waals surface area contributed by atoms with Gasteiger partial charge in [-0.2, -0.15) is 0 Å². The maximum absolute atomic E-state index is 13.0. The van der Waals surface area contributed by atoms with E-state index in [1.165, 1.54) is 77.0 Å². The van der Waals surface area contributed by atoms with Gasteiger partial charge in [-0.25, -0.2) is 0 Å². The van der Waals surface area contributed by atoms with Gasteiger partial charge in [0.1, 0.15) is 6.10 Å². The average Bonchev–Trinajstić information content (AvgIpc) is 3.03. The summed E-state index contributed by atoms with van der Waals surface area (Å²) in [4.78, 5) is 25.6. The lowest BCUT2D eigenvalue weighted by atomic mass is 10.0. The highest BCUT2D eigenvalue weighted by atomic mass is 16.5. The van der Waals surface area contributed by atoms with Gasteiger partial charge in [0.05, 0.1) is 25.2 Å². The van der Waals surface area contributed by atoms with Crippen molar-refractivity contribution in [1.29, 1.82) is 0 Å². The fourth-order valence-electron chi connectivity index (χ4n) is 5.84. The highest BCUT2D eigenvalue weighted by Crippen LogP contribution is 2.17. The fraction of sp³-hybridized carbons (Fsp3) is 0.897. The lowest BCUT2D eigenvalue weighted by molar-refractivity contribution is -0.151. The second-order valence-electron chi connectivity index (χ2n) is 13.3. The number of hydrogen-bond acceptors (Lipinski definition) is 5. The van der Waals surface area contributed by atoms with E-state index in [0.29, 0.717) is 19.3 Å². The molecule has 3 N–H and O–H groups in total. The molecule has 0 aromatic heterocycles. The number of aliphatic hydroxyl groups excluding tert-OH is 2. The Morgan fingerprint density at radius 3 is 1.67 bits per heavy atom. The summed E-state index contributed by atoms with van der Waals surface area (Å²) in [6.07, 6.45) is 32.8. The van der Waals surface area contributed by atoms with Gasteiger partial charge >= 0.3 is 5.97 Å². The summed E-state index contributed by atoms with van der Waals surface area (Å²) in [7, 11) is 0. The number of esters is 1. The third kappa shape index (κ3) is 29.7. The highest BCUT2D eigenvalue weighted by molar-refractivity contribution is 5.77. The first-order chi connectivity index (χ1) is 22.0. The van der Waals surface area contributed by atoms with E-state index in [0.717, 1.165) is 77.0 Å². The minimum Gasteiger partial charge on any atom is -0.462 e. The molecule has 3 unspecified atom stereocenters. The van der Waals surface area contributed by atoms with Crippen molar-refractivity contribution >= 4 is 11.9 Å². The lowest BCUT2D eigenvalue weighted by Crippen LogP contribution is -2.46. The molecule has 0 aliphatic heterocycles. The quantitative estimate of drug-likeness (QED) is 0.0371. The van der Waals surface area contributed by atoms with Crippen molar-refractivity contribution < 1.29 is 24.5 Å². The van der Waals surface area contributed by atoms with Crippen molar-refractivity contribution in [2.75, 3.05) is 6.61 Å². The SMILES string of the molecule is CCC/C=C\CCCCCC(CC(=O)NC(CO)C(O)CCCCCCCCCCC)OC(=O)CCCCCCCCCCC. The van der Waals surface area contributed by atoms with Crippen LogP contribution < -0.4 is 5.32 Å². The van der Waals surface area contributed by atoms with Gasteiger partial charge in [0.25, 0.3) is 0 Å². The van der Waals surface area contributed by atoms with Crippen molar-refractivity contribution in [3.05, 3.63) is 12.2 Å². The largest absolute Gasteiger partial charge is 0.462 e. The van der Waals surface area contributed by atoms with E-state index in [2.05, 4.69) is 38.2 Å². The van der Waals surface area contributed by atoms with Crippen molar-refractivity contribution in [2.24, 2.45) is 0 Å². The number of carbonyl (C=O) groups excluding carboxylic acids is 2. The molecule has 3 atom stereocenters. The molecular formula is C39H75NO5. The number of aliphatic hydroxyl groups is 2. The molecule has 0 aromatic carbocycles. The maximum Gasteiger partial charge on any atom is 0.306 e. The van der Waals surface area contributed by atoms with Crippen molar-refractivity contribution in [1.82, 2.24) is 5.32 Å².